The molecule has 0 atom stereocenters. The number of Topliss-reactive ketones (excluding diaryl/α,β-unsaturated/α-hetero) is 2. The molecule has 0 bridgehead atoms. The first-order valence-corrected chi connectivity index (χ1v) is 10.7. The first-order valence-electron chi connectivity index (χ1n) is 9.89. The highest BCUT2D eigenvalue weighted by Gasteiger charge is 2.22. The molecule has 0 N–H and O–H groups in total. The third-order valence-electron chi connectivity index (χ3n) is 4.90. The predicted octanol–water partition coefficient (Wildman–Crippen LogP) is 6.77. The summed E-state index contributed by atoms with van der Waals surface area (Å²) in [5, 5.41) is 11.0. The molecular formula is C26H16BrNO5. The van der Waals surface area contributed by atoms with Gasteiger partial charge in [-0.2, -0.15) is 0 Å². The van der Waals surface area contributed by atoms with E-state index in [9.17, 15) is 19.7 Å². The Balaban J connectivity index is 1.74. The van der Waals surface area contributed by atoms with Gasteiger partial charge in [-0.1, -0.05) is 60.7 Å². The molecule has 0 amide bonds. The molecule has 3 aromatic carbocycles. The maximum atomic E-state index is 13.2. The number of non-ortho nitro benzene ring substituents is 1. The Hall–Kier alpha value is -4.10. The number of rotatable bonds is 7. The van der Waals surface area contributed by atoms with Crippen LogP contribution < -0.4 is 0 Å². The highest BCUT2D eigenvalue weighted by Crippen LogP contribution is 2.33. The Morgan fingerprint density at radius 3 is 1.91 bits per heavy atom. The first-order chi connectivity index (χ1) is 15.9. The van der Waals surface area contributed by atoms with Crippen LogP contribution in [0.2, 0.25) is 0 Å². The second-order valence-electron chi connectivity index (χ2n) is 7.07. The van der Waals surface area contributed by atoms with E-state index in [0.717, 1.165) is 0 Å². The molecule has 0 saturated heterocycles. The minimum absolute atomic E-state index is 0.0314. The van der Waals surface area contributed by atoms with Crippen LogP contribution in [0.1, 0.15) is 26.5 Å². The van der Waals surface area contributed by atoms with Gasteiger partial charge in [0.25, 0.3) is 5.69 Å². The maximum absolute atomic E-state index is 13.2. The fourth-order valence-corrected chi connectivity index (χ4v) is 3.82. The summed E-state index contributed by atoms with van der Waals surface area (Å²) in [6, 6.07) is 24.7. The maximum Gasteiger partial charge on any atom is 0.270 e. The van der Waals surface area contributed by atoms with Gasteiger partial charge < -0.3 is 4.42 Å². The van der Waals surface area contributed by atoms with E-state index in [1.165, 1.54) is 18.2 Å². The number of ketones is 2. The van der Waals surface area contributed by atoms with Crippen LogP contribution in [-0.4, -0.2) is 16.5 Å². The summed E-state index contributed by atoms with van der Waals surface area (Å²) in [5.74, 6) is -0.0988. The number of furan rings is 1. The van der Waals surface area contributed by atoms with Crippen molar-refractivity contribution in [2.45, 2.75) is 0 Å². The Bertz CT molecular complexity index is 1320. The number of hydrogen-bond acceptors (Lipinski definition) is 5. The van der Waals surface area contributed by atoms with Crippen LogP contribution in [0.4, 0.5) is 5.69 Å². The second kappa shape index (κ2) is 9.58. The van der Waals surface area contributed by atoms with Crippen molar-refractivity contribution in [3.8, 4) is 11.3 Å². The zero-order chi connectivity index (χ0) is 23.4. The average Bonchev–Trinajstić information content (AvgIpc) is 3.31. The number of nitrogens with zero attached hydrogens (tertiary/aromatic N) is 1. The summed E-state index contributed by atoms with van der Waals surface area (Å²) in [7, 11) is 0. The topological polar surface area (TPSA) is 90.4 Å². The molecule has 4 aromatic rings. The number of allylic oxidation sites excluding steroid dienone is 1. The van der Waals surface area contributed by atoms with Crippen LogP contribution in [0.25, 0.3) is 17.4 Å². The van der Waals surface area contributed by atoms with Gasteiger partial charge in [0.15, 0.2) is 11.6 Å². The van der Waals surface area contributed by atoms with Gasteiger partial charge in [-0.05, 0) is 40.2 Å². The van der Waals surface area contributed by atoms with Crippen LogP contribution in [0.5, 0.6) is 0 Å². The number of carbonyl (C=O) groups excluding carboxylic acids is 2. The number of halogens is 1. The summed E-state index contributed by atoms with van der Waals surface area (Å²) < 4.78 is 6.36. The standard InChI is InChI=1S/C26H16BrNO5/c27-23-15-19(28(31)32)11-13-21(23)24-14-12-20(33-24)16-22(25(29)17-7-3-1-4-8-17)26(30)18-9-5-2-6-10-18/h1-16H. The van der Waals surface area contributed by atoms with E-state index in [0.29, 0.717) is 32.7 Å². The molecule has 0 fully saturated rings. The SMILES string of the molecule is O=C(C(=Cc1ccc(-c2ccc([N+](=O)[O-])cc2Br)o1)C(=O)c1ccccc1)c1ccccc1. The highest BCUT2D eigenvalue weighted by molar-refractivity contribution is 9.10. The molecule has 7 heteroatoms. The van der Waals surface area contributed by atoms with E-state index < -0.39 is 16.5 Å². The molecule has 0 aliphatic carbocycles. The summed E-state index contributed by atoms with van der Waals surface area (Å²) in [4.78, 5) is 36.9. The quantitative estimate of drug-likeness (QED) is 0.0695. The number of carbonyl (C=O) groups is 2. The van der Waals surface area contributed by atoms with Gasteiger partial charge >= 0.3 is 0 Å². The van der Waals surface area contributed by atoms with Gasteiger partial charge in [-0.15, -0.1) is 0 Å². The lowest BCUT2D eigenvalue weighted by molar-refractivity contribution is -0.384. The molecule has 1 heterocycles. The number of nitro groups is 1. The zero-order valence-corrected chi connectivity index (χ0v) is 18.7. The molecule has 162 valence electrons. The summed E-state index contributed by atoms with van der Waals surface area (Å²) >= 11 is 3.33. The molecule has 6 nitrogen and oxygen atoms in total. The minimum atomic E-state index is -0.485. The van der Waals surface area contributed by atoms with Crippen molar-refractivity contribution >= 4 is 39.3 Å². The van der Waals surface area contributed by atoms with E-state index in [1.54, 1.807) is 78.9 Å². The third kappa shape index (κ3) is 4.88. The van der Waals surface area contributed by atoms with Gasteiger partial charge in [0.1, 0.15) is 11.5 Å². The Labute approximate surface area is 197 Å². The zero-order valence-electron chi connectivity index (χ0n) is 17.1. The van der Waals surface area contributed by atoms with Gasteiger partial charge in [0, 0.05) is 33.3 Å². The number of benzene rings is 3. The molecule has 4 rings (SSSR count). The Morgan fingerprint density at radius 2 is 1.39 bits per heavy atom. The van der Waals surface area contributed by atoms with Gasteiger partial charge in [-0.25, -0.2) is 0 Å². The molecular weight excluding hydrogens is 486 g/mol. The van der Waals surface area contributed by atoms with Gasteiger partial charge in [-0.3, -0.25) is 19.7 Å². The molecule has 0 aliphatic heterocycles. The van der Waals surface area contributed by atoms with Crippen molar-refractivity contribution in [1.29, 1.82) is 0 Å². The van der Waals surface area contributed by atoms with Crippen LogP contribution in [0.15, 0.2) is 105 Å². The molecule has 0 saturated carbocycles. The lowest BCUT2D eigenvalue weighted by Gasteiger charge is -2.06. The van der Waals surface area contributed by atoms with Crippen molar-refractivity contribution in [1.82, 2.24) is 0 Å². The van der Waals surface area contributed by atoms with Crippen molar-refractivity contribution < 1.29 is 18.9 Å². The summed E-state index contributed by atoms with van der Waals surface area (Å²) in [6.45, 7) is 0. The van der Waals surface area contributed by atoms with E-state index in [1.807, 2.05) is 0 Å². The summed E-state index contributed by atoms with van der Waals surface area (Å²) in [5.41, 5.74) is 1.29. The molecule has 0 unspecified atom stereocenters. The molecule has 1 aromatic heterocycles. The van der Waals surface area contributed by atoms with Crippen molar-refractivity contribution in [2.75, 3.05) is 0 Å². The minimum Gasteiger partial charge on any atom is -0.457 e. The van der Waals surface area contributed by atoms with Crippen LogP contribution in [-0.2, 0) is 0 Å². The van der Waals surface area contributed by atoms with Gasteiger partial charge in [0.2, 0.25) is 0 Å². The predicted molar refractivity (Wildman–Crippen MR) is 128 cm³/mol. The van der Waals surface area contributed by atoms with E-state index >= 15 is 0 Å². The van der Waals surface area contributed by atoms with Crippen molar-refractivity contribution in [3.05, 3.63) is 128 Å². The number of hydrogen-bond donors (Lipinski definition) is 0. The fraction of sp³-hybridized carbons (Fsp3) is 0. The lowest BCUT2D eigenvalue weighted by Crippen LogP contribution is -2.13. The van der Waals surface area contributed by atoms with E-state index in [2.05, 4.69) is 15.9 Å². The summed E-state index contributed by atoms with van der Waals surface area (Å²) in [6.07, 6.45) is 1.42. The molecule has 0 radical (unpaired) electrons. The normalized spacial score (nSPS) is 10.5. The monoisotopic (exact) mass is 501 g/mol. The Kier molecular flexibility index (Phi) is 6.42. The Morgan fingerprint density at radius 1 is 0.818 bits per heavy atom. The highest BCUT2D eigenvalue weighted by atomic mass is 79.9. The molecule has 0 aliphatic rings. The number of nitro benzene ring substituents is 1. The lowest BCUT2D eigenvalue weighted by atomic mass is 9.95. The largest absolute Gasteiger partial charge is 0.457 e. The van der Waals surface area contributed by atoms with Crippen LogP contribution in [0, 0.1) is 10.1 Å². The average molecular weight is 502 g/mol. The van der Waals surface area contributed by atoms with Crippen molar-refractivity contribution in [3.63, 3.8) is 0 Å². The van der Waals surface area contributed by atoms with Crippen LogP contribution in [0.3, 0.4) is 0 Å². The van der Waals surface area contributed by atoms with E-state index in [4.69, 9.17) is 4.42 Å². The first kappa shape index (κ1) is 22.1. The van der Waals surface area contributed by atoms with Crippen molar-refractivity contribution in [2.24, 2.45) is 0 Å². The third-order valence-corrected chi connectivity index (χ3v) is 5.56. The molecule has 33 heavy (non-hydrogen) atoms. The van der Waals surface area contributed by atoms with Gasteiger partial charge in [0.05, 0.1) is 10.5 Å². The van der Waals surface area contributed by atoms with E-state index in [-0.39, 0.29) is 11.3 Å². The smallest absolute Gasteiger partial charge is 0.270 e. The fourth-order valence-electron chi connectivity index (χ4n) is 3.26. The second-order valence-corrected chi connectivity index (χ2v) is 7.93. The molecule has 0 spiro atoms. The van der Waals surface area contributed by atoms with Crippen LogP contribution >= 0.6 is 15.9 Å².